The maximum Gasteiger partial charge on any atom is 0.0737 e. The van der Waals surface area contributed by atoms with Crippen LogP contribution in [-0.2, 0) is 0 Å². The zero-order valence-corrected chi connectivity index (χ0v) is 14.1. The van der Waals surface area contributed by atoms with Gasteiger partial charge in [-0.2, -0.15) is 0 Å². The topological polar surface area (TPSA) is 37.0 Å². The lowest BCUT2D eigenvalue weighted by molar-refractivity contribution is 0.872. The minimum atomic E-state index is 0.704. The summed E-state index contributed by atoms with van der Waals surface area (Å²) in [4.78, 5) is 4.29. The Bertz CT molecular complexity index is 602. The largest absolute Gasteiger partial charge is 0.390 e. The van der Waals surface area contributed by atoms with E-state index in [0.29, 0.717) is 5.02 Å². The zero-order valence-electron chi connectivity index (χ0n) is 13.3. The van der Waals surface area contributed by atoms with Crippen molar-refractivity contribution in [2.45, 2.75) is 13.8 Å². The van der Waals surface area contributed by atoms with Crippen LogP contribution in [0.5, 0.6) is 0 Å². The van der Waals surface area contributed by atoms with Gasteiger partial charge in [0.2, 0.25) is 0 Å². The first-order valence-corrected chi connectivity index (χ1v) is 7.52. The fourth-order valence-electron chi connectivity index (χ4n) is 1.65. The van der Waals surface area contributed by atoms with Crippen LogP contribution >= 0.6 is 11.6 Å². The summed E-state index contributed by atoms with van der Waals surface area (Å²) in [7, 11) is 0. The van der Waals surface area contributed by atoms with Gasteiger partial charge in [0.15, 0.2) is 0 Å². The summed E-state index contributed by atoms with van der Waals surface area (Å²) in [6.45, 7) is 15.5. The second-order valence-corrected chi connectivity index (χ2v) is 4.29. The SMILES string of the molecule is C=C=C.C=CNCCNc1ccnc2cc(Cl)ccc12.CC. The number of fused-ring (bicyclic) bond motifs is 1. The lowest BCUT2D eigenvalue weighted by atomic mass is 10.2. The molecule has 0 spiro atoms. The number of benzene rings is 1. The van der Waals surface area contributed by atoms with E-state index < -0.39 is 0 Å². The summed E-state index contributed by atoms with van der Waals surface area (Å²) in [5, 5.41) is 8.17. The molecule has 2 rings (SSSR count). The van der Waals surface area contributed by atoms with E-state index in [2.05, 4.69) is 41.1 Å². The molecule has 0 unspecified atom stereocenters. The number of nitrogens with one attached hydrogen (secondary N) is 2. The molecule has 0 radical (unpaired) electrons. The van der Waals surface area contributed by atoms with Crippen LogP contribution in [0.25, 0.3) is 10.9 Å². The average Bonchev–Trinajstić information content (AvgIpc) is 2.54. The quantitative estimate of drug-likeness (QED) is 0.600. The maximum atomic E-state index is 5.94. The molecular formula is C18H24ClN3. The van der Waals surface area contributed by atoms with Crippen molar-refractivity contribution in [3.63, 3.8) is 0 Å². The van der Waals surface area contributed by atoms with Crippen LogP contribution in [0.4, 0.5) is 5.69 Å². The van der Waals surface area contributed by atoms with Gasteiger partial charge in [-0.3, -0.25) is 4.98 Å². The Morgan fingerprint density at radius 2 is 1.91 bits per heavy atom. The smallest absolute Gasteiger partial charge is 0.0737 e. The number of halogens is 1. The Hall–Kier alpha value is -2.22. The minimum absolute atomic E-state index is 0.704. The standard InChI is InChI=1S/C13H14ClN3.C3H4.C2H6/c1-2-15-7-8-17-12-5-6-16-13-9-10(14)3-4-11(12)13;1-3-2;1-2/h2-6,9,15H,1,7-8H2,(H,16,17);1-2H2;1-2H3. The fraction of sp³-hybridized carbons (Fsp3) is 0.222. The first-order valence-electron chi connectivity index (χ1n) is 7.14. The molecule has 0 aliphatic carbocycles. The van der Waals surface area contributed by atoms with Gasteiger partial charge in [0.25, 0.3) is 0 Å². The molecule has 4 heteroatoms. The Balaban J connectivity index is 0.000000789. The molecule has 0 aliphatic heterocycles. The summed E-state index contributed by atoms with van der Waals surface area (Å²) >= 11 is 5.94. The van der Waals surface area contributed by atoms with Gasteiger partial charge in [0.05, 0.1) is 5.52 Å². The number of anilines is 1. The van der Waals surface area contributed by atoms with Crippen molar-refractivity contribution in [1.29, 1.82) is 0 Å². The first-order chi connectivity index (χ1) is 10.7. The van der Waals surface area contributed by atoms with E-state index in [1.54, 1.807) is 12.4 Å². The van der Waals surface area contributed by atoms with E-state index in [-0.39, 0.29) is 0 Å². The number of pyridine rings is 1. The highest BCUT2D eigenvalue weighted by Crippen LogP contribution is 2.23. The second-order valence-electron chi connectivity index (χ2n) is 3.86. The molecule has 3 nitrogen and oxygen atoms in total. The van der Waals surface area contributed by atoms with E-state index in [4.69, 9.17) is 11.6 Å². The zero-order chi connectivity index (χ0) is 16.8. The van der Waals surface area contributed by atoms with Crippen molar-refractivity contribution in [3.05, 3.63) is 67.2 Å². The van der Waals surface area contributed by atoms with Crippen molar-refractivity contribution in [1.82, 2.24) is 10.3 Å². The van der Waals surface area contributed by atoms with Crippen LogP contribution in [0, 0.1) is 0 Å². The number of hydrogen-bond donors (Lipinski definition) is 2. The minimum Gasteiger partial charge on any atom is -0.390 e. The predicted molar refractivity (Wildman–Crippen MR) is 99.6 cm³/mol. The third-order valence-corrected chi connectivity index (χ3v) is 2.67. The number of nitrogens with zero attached hydrogens (tertiary/aromatic N) is 1. The van der Waals surface area contributed by atoms with E-state index >= 15 is 0 Å². The molecule has 0 bridgehead atoms. The van der Waals surface area contributed by atoms with Crippen molar-refractivity contribution in [3.8, 4) is 0 Å². The Morgan fingerprint density at radius 1 is 1.23 bits per heavy atom. The van der Waals surface area contributed by atoms with E-state index in [9.17, 15) is 0 Å². The lowest BCUT2D eigenvalue weighted by Crippen LogP contribution is -2.16. The first kappa shape index (κ1) is 19.8. The third-order valence-electron chi connectivity index (χ3n) is 2.43. The number of hydrogen-bond acceptors (Lipinski definition) is 3. The molecule has 0 saturated heterocycles. The van der Waals surface area contributed by atoms with E-state index in [1.807, 2.05) is 38.1 Å². The van der Waals surface area contributed by atoms with Crippen LogP contribution in [0.2, 0.25) is 5.02 Å². The monoisotopic (exact) mass is 317 g/mol. The molecular weight excluding hydrogens is 294 g/mol. The summed E-state index contributed by atoms with van der Waals surface area (Å²) in [5.74, 6) is 0. The van der Waals surface area contributed by atoms with Crippen molar-refractivity contribution < 1.29 is 0 Å². The molecule has 1 aromatic carbocycles. The van der Waals surface area contributed by atoms with Crippen LogP contribution in [0.15, 0.2) is 62.1 Å². The maximum absolute atomic E-state index is 5.94. The Morgan fingerprint density at radius 3 is 2.55 bits per heavy atom. The van der Waals surface area contributed by atoms with E-state index in [0.717, 1.165) is 29.7 Å². The van der Waals surface area contributed by atoms with Crippen LogP contribution in [-0.4, -0.2) is 18.1 Å². The predicted octanol–water partition coefficient (Wildman–Crippen LogP) is 5.02. The molecule has 0 fully saturated rings. The molecule has 0 amide bonds. The fourth-order valence-corrected chi connectivity index (χ4v) is 1.81. The summed E-state index contributed by atoms with van der Waals surface area (Å²) in [5.41, 5.74) is 4.22. The Labute approximate surface area is 138 Å². The molecule has 118 valence electrons. The number of rotatable bonds is 5. The molecule has 0 aliphatic rings. The second kappa shape index (κ2) is 12.5. The van der Waals surface area contributed by atoms with Gasteiger partial charge in [-0.15, -0.1) is 5.73 Å². The molecule has 22 heavy (non-hydrogen) atoms. The summed E-state index contributed by atoms with van der Waals surface area (Å²) in [6, 6.07) is 7.68. The molecule has 2 N–H and O–H groups in total. The number of aromatic nitrogens is 1. The normalized spacial score (nSPS) is 8.50. The van der Waals surface area contributed by atoms with Crippen LogP contribution < -0.4 is 10.6 Å². The van der Waals surface area contributed by atoms with Gasteiger partial charge in [-0.1, -0.05) is 45.2 Å². The lowest BCUT2D eigenvalue weighted by Gasteiger charge is -2.09. The van der Waals surface area contributed by atoms with Crippen LogP contribution in [0.1, 0.15) is 13.8 Å². The summed E-state index contributed by atoms with van der Waals surface area (Å²) in [6.07, 6.45) is 3.47. The van der Waals surface area contributed by atoms with Gasteiger partial charge >= 0.3 is 0 Å². The highest BCUT2D eigenvalue weighted by molar-refractivity contribution is 6.31. The van der Waals surface area contributed by atoms with E-state index in [1.165, 1.54) is 0 Å². The Kier molecular flexibility index (Phi) is 11.3. The van der Waals surface area contributed by atoms with Gasteiger partial charge in [0, 0.05) is 35.4 Å². The van der Waals surface area contributed by atoms with Crippen LogP contribution in [0.3, 0.4) is 0 Å². The highest BCUT2D eigenvalue weighted by atomic mass is 35.5. The average molecular weight is 318 g/mol. The molecule has 1 heterocycles. The highest BCUT2D eigenvalue weighted by Gasteiger charge is 2.01. The molecule has 2 aromatic rings. The van der Waals surface area contributed by atoms with Crippen molar-refractivity contribution in [2.24, 2.45) is 0 Å². The molecule has 1 aromatic heterocycles. The molecule has 0 atom stereocenters. The summed E-state index contributed by atoms with van der Waals surface area (Å²) < 4.78 is 0. The van der Waals surface area contributed by atoms with Crippen molar-refractivity contribution in [2.75, 3.05) is 18.4 Å². The van der Waals surface area contributed by atoms with Gasteiger partial charge in [-0.05, 0) is 30.5 Å². The van der Waals surface area contributed by atoms with Gasteiger partial charge in [0.1, 0.15) is 0 Å². The van der Waals surface area contributed by atoms with Crippen molar-refractivity contribution >= 4 is 28.2 Å². The molecule has 0 saturated carbocycles. The van der Waals surface area contributed by atoms with Gasteiger partial charge < -0.3 is 10.6 Å². The third kappa shape index (κ3) is 6.98. The van der Waals surface area contributed by atoms with Gasteiger partial charge in [-0.25, -0.2) is 0 Å².